The van der Waals surface area contributed by atoms with Gasteiger partial charge in [-0.15, -0.1) is 0 Å². The van der Waals surface area contributed by atoms with E-state index < -0.39 is 0 Å². The molecule has 1 saturated carbocycles. The summed E-state index contributed by atoms with van der Waals surface area (Å²) in [6.07, 6.45) is 2.70. The third kappa shape index (κ3) is 2.31. The van der Waals surface area contributed by atoms with E-state index in [4.69, 9.17) is 5.73 Å². The van der Waals surface area contributed by atoms with Gasteiger partial charge in [0.1, 0.15) is 0 Å². The normalized spacial score (nSPS) is 21.0. The van der Waals surface area contributed by atoms with Gasteiger partial charge in [-0.2, -0.15) is 0 Å². The lowest BCUT2D eigenvalue weighted by Gasteiger charge is -1.97. The highest BCUT2D eigenvalue weighted by Gasteiger charge is 2.34. The molecule has 50 valence electrons. The third-order valence-corrected chi connectivity index (χ3v) is 1.60. The number of nitrogens with two attached hydrogens (primary N) is 1. The van der Waals surface area contributed by atoms with Gasteiger partial charge in [-0.25, -0.2) is 0 Å². The van der Waals surface area contributed by atoms with Crippen LogP contribution in [-0.4, -0.2) is 6.54 Å². The predicted octanol–water partition coefficient (Wildman–Crippen LogP) is 1.77. The fourth-order valence-corrected chi connectivity index (χ4v) is 0.418. The Bertz CT molecular complexity index is 55.4. The van der Waals surface area contributed by atoms with Crippen molar-refractivity contribution in [3.8, 4) is 0 Å². The first-order valence-corrected chi connectivity index (χ1v) is 3.47. The van der Waals surface area contributed by atoms with Crippen LogP contribution in [0.5, 0.6) is 0 Å². The Hall–Kier alpha value is -0.0400. The van der Waals surface area contributed by atoms with Crippen LogP contribution in [0, 0.1) is 5.41 Å². The fraction of sp³-hybridized carbons (Fsp3) is 1.00. The minimum Gasteiger partial charge on any atom is -0.330 e. The molecule has 1 fully saturated rings. The Morgan fingerprint density at radius 3 is 1.75 bits per heavy atom. The first-order chi connectivity index (χ1) is 3.77. The average Bonchev–Trinajstić information content (AvgIpc) is 2.55. The lowest BCUT2D eigenvalue weighted by Crippen LogP contribution is -2.10. The van der Waals surface area contributed by atoms with Crippen LogP contribution in [0.3, 0.4) is 0 Å². The van der Waals surface area contributed by atoms with Gasteiger partial charge in [-0.1, -0.05) is 20.8 Å². The van der Waals surface area contributed by atoms with Crippen molar-refractivity contribution in [1.82, 2.24) is 0 Å². The summed E-state index contributed by atoms with van der Waals surface area (Å²) in [5, 5.41) is 0. The molecule has 0 spiro atoms. The van der Waals surface area contributed by atoms with Crippen LogP contribution in [-0.2, 0) is 0 Å². The van der Waals surface area contributed by atoms with E-state index in [9.17, 15) is 0 Å². The van der Waals surface area contributed by atoms with Crippen LogP contribution in [0.4, 0.5) is 0 Å². The van der Waals surface area contributed by atoms with Crippen molar-refractivity contribution < 1.29 is 0 Å². The molecule has 2 N–H and O–H groups in total. The molecular weight excluding hydrogens is 98.1 g/mol. The van der Waals surface area contributed by atoms with Crippen molar-refractivity contribution in [2.75, 3.05) is 6.54 Å². The minimum absolute atomic E-state index is 0.569. The summed E-state index contributed by atoms with van der Waals surface area (Å²) in [5.41, 5.74) is 5.94. The standard InChI is InChI=1S/C5H11N.C2H6/c1-5(4-6)2-3-5;1-2/h2-4,6H2,1H3;1-2H3. The molecule has 0 atom stereocenters. The summed E-state index contributed by atoms with van der Waals surface area (Å²) >= 11 is 0. The van der Waals surface area contributed by atoms with E-state index in [1.54, 1.807) is 0 Å². The fourth-order valence-electron chi connectivity index (χ4n) is 0.418. The summed E-state index contributed by atoms with van der Waals surface area (Å²) in [6, 6.07) is 0. The summed E-state index contributed by atoms with van der Waals surface area (Å²) < 4.78 is 0. The zero-order chi connectivity index (χ0) is 6.62. The van der Waals surface area contributed by atoms with E-state index in [2.05, 4.69) is 6.92 Å². The lowest BCUT2D eigenvalue weighted by molar-refractivity contribution is 0.588. The second kappa shape index (κ2) is 3.08. The average molecular weight is 115 g/mol. The Balaban J connectivity index is 0.000000222. The van der Waals surface area contributed by atoms with Crippen LogP contribution < -0.4 is 5.73 Å². The van der Waals surface area contributed by atoms with Crippen molar-refractivity contribution in [3.05, 3.63) is 0 Å². The highest BCUT2D eigenvalue weighted by Crippen LogP contribution is 2.43. The molecule has 0 aromatic rings. The zero-order valence-corrected chi connectivity index (χ0v) is 6.20. The molecule has 0 amide bonds. The number of rotatable bonds is 1. The van der Waals surface area contributed by atoms with E-state index in [0.29, 0.717) is 5.41 Å². The summed E-state index contributed by atoms with van der Waals surface area (Å²) in [6.45, 7) is 7.11. The van der Waals surface area contributed by atoms with Gasteiger partial charge in [0.15, 0.2) is 0 Å². The SMILES string of the molecule is CC.CC1(CN)CC1. The molecule has 0 aromatic heterocycles. The van der Waals surface area contributed by atoms with Crippen LogP contribution in [0.1, 0.15) is 33.6 Å². The molecule has 0 aliphatic heterocycles. The van der Waals surface area contributed by atoms with Gasteiger partial charge >= 0.3 is 0 Å². The van der Waals surface area contributed by atoms with E-state index in [1.807, 2.05) is 13.8 Å². The molecular formula is C7H17N. The zero-order valence-electron chi connectivity index (χ0n) is 6.20. The molecule has 1 aliphatic rings. The van der Waals surface area contributed by atoms with Gasteiger partial charge in [0.2, 0.25) is 0 Å². The maximum Gasteiger partial charge on any atom is -0.00232 e. The topological polar surface area (TPSA) is 26.0 Å². The smallest absolute Gasteiger partial charge is 0.00232 e. The van der Waals surface area contributed by atoms with E-state index in [0.717, 1.165) is 6.54 Å². The van der Waals surface area contributed by atoms with Crippen molar-refractivity contribution >= 4 is 0 Å². The molecule has 0 heterocycles. The molecule has 0 unspecified atom stereocenters. The Morgan fingerprint density at radius 2 is 1.75 bits per heavy atom. The predicted molar refractivity (Wildman–Crippen MR) is 37.7 cm³/mol. The van der Waals surface area contributed by atoms with E-state index in [1.165, 1.54) is 12.8 Å². The molecule has 0 aromatic carbocycles. The van der Waals surface area contributed by atoms with Crippen molar-refractivity contribution in [2.24, 2.45) is 11.1 Å². The molecule has 1 heteroatoms. The Kier molecular flexibility index (Phi) is 3.06. The highest BCUT2D eigenvalue weighted by molar-refractivity contribution is 4.88. The third-order valence-electron chi connectivity index (χ3n) is 1.60. The van der Waals surface area contributed by atoms with Gasteiger partial charge in [0.05, 0.1) is 0 Å². The molecule has 1 nitrogen and oxygen atoms in total. The van der Waals surface area contributed by atoms with E-state index in [-0.39, 0.29) is 0 Å². The summed E-state index contributed by atoms with van der Waals surface area (Å²) in [5.74, 6) is 0. The molecule has 1 rings (SSSR count). The van der Waals surface area contributed by atoms with Crippen LogP contribution >= 0.6 is 0 Å². The Morgan fingerprint density at radius 1 is 1.38 bits per heavy atom. The van der Waals surface area contributed by atoms with Gasteiger partial charge in [0.25, 0.3) is 0 Å². The highest BCUT2D eigenvalue weighted by atomic mass is 14.6. The van der Waals surface area contributed by atoms with Gasteiger partial charge < -0.3 is 5.73 Å². The molecule has 1 aliphatic carbocycles. The number of hydrogen-bond acceptors (Lipinski definition) is 1. The largest absolute Gasteiger partial charge is 0.330 e. The minimum atomic E-state index is 0.569. The van der Waals surface area contributed by atoms with Crippen molar-refractivity contribution in [2.45, 2.75) is 33.6 Å². The van der Waals surface area contributed by atoms with Gasteiger partial charge in [0, 0.05) is 0 Å². The van der Waals surface area contributed by atoms with Crippen molar-refractivity contribution in [1.29, 1.82) is 0 Å². The molecule has 0 saturated heterocycles. The quantitative estimate of drug-likeness (QED) is 0.553. The van der Waals surface area contributed by atoms with Crippen molar-refractivity contribution in [3.63, 3.8) is 0 Å². The monoisotopic (exact) mass is 115 g/mol. The second-order valence-corrected chi connectivity index (χ2v) is 2.51. The lowest BCUT2D eigenvalue weighted by atomic mass is 10.2. The Labute approximate surface area is 52.3 Å². The van der Waals surface area contributed by atoms with Gasteiger partial charge in [-0.3, -0.25) is 0 Å². The summed E-state index contributed by atoms with van der Waals surface area (Å²) in [7, 11) is 0. The first kappa shape index (κ1) is 7.96. The maximum absolute atomic E-state index is 5.37. The second-order valence-electron chi connectivity index (χ2n) is 2.51. The van der Waals surface area contributed by atoms with Gasteiger partial charge in [-0.05, 0) is 24.8 Å². The molecule has 0 radical (unpaired) electrons. The maximum atomic E-state index is 5.37. The van der Waals surface area contributed by atoms with Crippen LogP contribution in [0.15, 0.2) is 0 Å². The molecule has 8 heavy (non-hydrogen) atoms. The van der Waals surface area contributed by atoms with Crippen LogP contribution in [0.2, 0.25) is 0 Å². The molecule has 0 bridgehead atoms. The van der Waals surface area contributed by atoms with E-state index >= 15 is 0 Å². The summed E-state index contributed by atoms with van der Waals surface area (Å²) in [4.78, 5) is 0. The number of hydrogen-bond donors (Lipinski definition) is 1. The first-order valence-electron chi connectivity index (χ1n) is 3.47. The van der Waals surface area contributed by atoms with Crippen LogP contribution in [0.25, 0.3) is 0 Å².